The van der Waals surface area contributed by atoms with Gasteiger partial charge in [0, 0.05) is 4.47 Å². The van der Waals surface area contributed by atoms with Gasteiger partial charge in [0.15, 0.2) is 6.61 Å². The van der Waals surface area contributed by atoms with Crippen molar-refractivity contribution < 1.29 is 4.74 Å². The van der Waals surface area contributed by atoms with Crippen molar-refractivity contribution in [1.29, 1.82) is 10.5 Å². The molecular weight excluding hydrogens is 232 g/mol. The fourth-order valence-corrected chi connectivity index (χ4v) is 1.16. The molecule has 13 heavy (non-hydrogen) atoms. The molecule has 0 N–H and O–H groups in total. The largest absolute Gasteiger partial charge is 0.477 e. The number of nitrogens with zero attached hydrogens (tertiary/aromatic N) is 2. The second-order valence-electron chi connectivity index (χ2n) is 2.20. The van der Waals surface area contributed by atoms with Gasteiger partial charge < -0.3 is 4.74 Å². The predicted molar refractivity (Wildman–Crippen MR) is 50.0 cm³/mol. The Labute approximate surface area is 84.3 Å². The minimum Gasteiger partial charge on any atom is -0.477 e. The molecule has 0 fully saturated rings. The molecule has 0 aliphatic heterocycles. The average molecular weight is 237 g/mol. The van der Waals surface area contributed by atoms with Crippen LogP contribution in [0.15, 0.2) is 22.7 Å². The summed E-state index contributed by atoms with van der Waals surface area (Å²) >= 11 is 3.25. The minimum atomic E-state index is -0.0505. The summed E-state index contributed by atoms with van der Waals surface area (Å²) in [6.07, 6.45) is 0. The molecule has 1 rings (SSSR count). The van der Waals surface area contributed by atoms with Gasteiger partial charge in [-0.2, -0.15) is 10.5 Å². The van der Waals surface area contributed by atoms with Crippen LogP contribution in [0.25, 0.3) is 0 Å². The molecule has 1 aromatic rings. The molecule has 64 valence electrons. The number of rotatable bonds is 2. The summed E-state index contributed by atoms with van der Waals surface area (Å²) in [5.74, 6) is 0.429. The maximum absolute atomic E-state index is 8.68. The van der Waals surface area contributed by atoms with Gasteiger partial charge in [-0.3, -0.25) is 0 Å². The predicted octanol–water partition coefficient (Wildman–Crippen LogP) is 2.22. The Kier molecular flexibility index (Phi) is 3.31. The summed E-state index contributed by atoms with van der Waals surface area (Å²) in [6, 6.07) is 8.86. The fraction of sp³-hybridized carbons (Fsp3) is 0.111. The summed E-state index contributed by atoms with van der Waals surface area (Å²) in [4.78, 5) is 0. The van der Waals surface area contributed by atoms with E-state index in [0.29, 0.717) is 11.3 Å². The maximum Gasteiger partial charge on any atom is 0.174 e. The molecule has 1 aromatic carbocycles. The summed E-state index contributed by atoms with van der Waals surface area (Å²) < 4.78 is 5.86. The first-order valence-electron chi connectivity index (χ1n) is 3.47. The van der Waals surface area contributed by atoms with E-state index in [1.54, 1.807) is 18.2 Å². The van der Waals surface area contributed by atoms with E-state index in [-0.39, 0.29) is 6.61 Å². The topological polar surface area (TPSA) is 56.8 Å². The highest BCUT2D eigenvalue weighted by molar-refractivity contribution is 9.10. The van der Waals surface area contributed by atoms with Crippen LogP contribution >= 0.6 is 15.9 Å². The molecule has 4 heteroatoms. The van der Waals surface area contributed by atoms with Crippen LogP contribution in [0.3, 0.4) is 0 Å². The van der Waals surface area contributed by atoms with E-state index in [9.17, 15) is 0 Å². The smallest absolute Gasteiger partial charge is 0.174 e. The first kappa shape index (κ1) is 9.57. The normalized spacial score (nSPS) is 8.54. The van der Waals surface area contributed by atoms with Crippen LogP contribution in [0.1, 0.15) is 5.56 Å². The minimum absolute atomic E-state index is 0.0505. The van der Waals surface area contributed by atoms with E-state index >= 15 is 0 Å². The van der Waals surface area contributed by atoms with Crippen LogP contribution in [-0.2, 0) is 0 Å². The van der Waals surface area contributed by atoms with E-state index in [1.807, 2.05) is 12.1 Å². The summed E-state index contributed by atoms with van der Waals surface area (Å²) in [7, 11) is 0. The van der Waals surface area contributed by atoms with Gasteiger partial charge in [-0.25, -0.2) is 0 Å². The Bertz CT molecular complexity index is 390. The number of hydrogen-bond donors (Lipinski definition) is 0. The second-order valence-corrected chi connectivity index (χ2v) is 3.11. The maximum atomic E-state index is 8.68. The Morgan fingerprint density at radius 2 is 2.15 bits per heavy atom. The summed E-state index contributed by atoms with van der Waals surface area (Å²) in [5.41, 5.74) is 0.429. The quantitative estimate of drug-likeness (QED) is 0.792. The van der Waals surface area contributed by atoms with E-state index in [2.05, 4.69) is 15.9 Å². The Hall–Kier alpha value is -1.52. The van der Waals surface area contributed by atoms with Crippen LogP contribution in [0, 0.1) is 22.7 Å². The lowest BCUT2D eigenvalue weighted by atomic mass is 10.2. The Morgan fingerprint density at radius 1 is 1.38 bits per heavy atom. The first-order chi connectivity index (χ1) is 6.27. The number of nitriles is 2. The standard InChI is InChI=1S/C9H5BrN2O/c10-8-2-1-7(6-12)9(5-8)13-4-3-11/h1-2,5H,4H2. The van der Waals surface area contributed by atoms with Gasteiger partial charge in [-0.15, -0.1) is 0 Å². The molecule has 0 heterocycles. The van der Waals surface area contributed by atoms with Crippen LogP contribution < -0.4 is 4.74 Å². The Balaban J connectivity index is 2.97. The third-order valence-corrected chi connectivity index (χ3v) is 1.85. The lowest BCUT2D eigenvalue weighted by Crippen LogP contribution is -1.95. The second kappa shape index (κ2) is 4.49. The zero-order chi connectivity index (χ0) is 9.68. The van der Waals surface area contributed by atoms with Crippen LogP contribution in [0.2, 0.25) is 0 Å². The van der Waals surface area contributed by atoms with Gasteiger partial charge >= 0.3 is 0 Å². The molecule has 0 saturated carbocycles. The molecule has 0 aliphatic carbocycles. The third-order valence-electron chi connectivity index (χ3n) is 1.36. The monoisotopic (exact) mass is 236 g/mol. The van der Waals surface area contributed by atoms with E-state index in [4.69, 9.17) is 15.3 Å². The van der Waals surface area contributed by atoms with Gasteiger partial charge in [0.25, 0.3) is 0 Å². The van der Waals surface area contributed by atoms with Gasteiger partial charge in [0.05, 0.1) is 5.56 Å². The molecular formula is C9H5BrN2O. The molecule has 0 bridgehead atoms. The average Bonchev–Trinajstić information content (AvgIpc) is 2.15. The first-order valence-corrected chi connectivity index (χ1v) is 4.26. The molecule has 0 aromatic heterocycles. The lowest BCUT2D eigenvalue weighted by Gasteiger charge is -2.03. The van der Waals surface area contributed by atoms with Gasteiger partial charge in [-0.05, 0) is 18.2 Å². The van der Waals surface area contributed by atoms with Crippen molar-refractivity contribution in [3.8, 4) is 17.9 Å². The van der Waals surface area contributed by atoms with E-state index < -0.39 is 0 Å². The highest BCUT2D eigenvalue weighted by Crippen LogP contribution is 2.22. The fourth-order valence-electron chi connectivity index (χ4n) is 0.818. The molecule has 0 amide bonds. The molecule has 0 atom stereocenters. The number of ether oxygens (including phenoxy) is 1. The highest BCUT2D eigenvalue weighted by atomic mass is 79.9. The highest BCUT2D eigenvalue weighted by Gasteiger charge is 2.02. The van der Waals surface area contributed by atoms with Crippen molar-refractivity contribution in [3.05, 3.63) is 28.2 Å². The molecule has 0 spiro atoms. The Morgan fingerprint density at radius 3 is 2.77 bits per heavy atom. The molecule has 0 unspecified atom stereocenters. The van der Waals surface area contributed by atoms with Crippen molar-refractivity contribution in [1.82, 2.24) is 0 Å². The molecule has 0 aliphatic rings. The van der Waals surface area contributed by atoms with Crippen molar-refractivity contribution in [2.24, 2.45) is 0 Å². The van der Waals surface area contributed by atoms with Crippen molar-refractivity contribution in [3.63, 3.8) is 0 Å². The van der Waals surface area contributed by atoms with Gasteiger partial charge in [0.1, 0.15) is 17.9 Å². The zero-order valence-electron chi connectivity index (χ0n) is 6.62. The van der Waals surface area contributed by atoms with Crippen molar-refractivity contribution in [2.75, 3.05) is 6.61 Å². The van der Waals surface area contributed by atoms with Crippen molar-refractivity contribution >= 4 is 15.9 Å². The van der Waals surface area contributed by atoms with Gasteiger partial charge in [0.2, 0.25) is 0 Å². The van der Waals surface area contributed by atoms with Crippen LogP contribution in [0.5, 0.6) is 5.75 Å². The van der Waals surface area contributed by atoms with Crippen molar-refractivity contribution in [2.45, 2.75) is 0 Å². The van der Waals surface area contributed by atoms with E-state index in [0.717, 1.165) is 4.47 Å². The van der Waals surface area contributed by atoms with Crippen LogP contribution in [-0.4, -0.2) is 6.61 Å². The SMILES string of the molecule is N#CCOc1cc(Br)ccc1C#N. The zero-order valence-corrected chi connectivity index (χ0v) is 8.21. The van der Waals surface area contributed by atoms with Crippen LogP contribution in [0.4, 0.5) is 0 Å². The number of hydrogen-bond acceptors (Lipinski definition) is 3. The lowest BCUT2D eigenvalue weighted by molar-refractivity contribution is 0.367. The number of benzene rings is 1. The third kappa shape index (κ3) is 2.47. The molecule has 3 nitrogen and oxygen atoms in total. The number of halogens is 1. The molecule has 0 saturated heterocycles. The summed E-state index contributed by atoms with van der Waals surface area (Å²) in [6.45, 7) is -0.0505. The van der Waals surface area contributed by atoms with E-state index in [1.165, 1.54) is 0 Å². The summed E-state index contributed by atoms with van der Waals surface area (Å²) in [5, 5.41) is 17.0. The molecule has 0 radical (unpaired) electrons. The van der Waals surface area contributed by atoms with Gasteiger partial charge in [-0.1, -0.05) is 15.9 Å².